The third-order valence-electron chi connectivity index (χ3n) is 1.80. The van der Waals surface area contributed by atoms with Gasteiger partial charge < -0.3 is 0 Å². The van der Waals surface area contributed by atoms with E-state index < -0.39 is 11.7 Å². The fourth-order valence-corrected chi connectivity index (χ4v) is 1.21. The molecule has 1 nitrogen and oxygen atoms in total. The molecule has 0 amide bonds. The van der Waals surface area contributed by atoms with Gasteiger partial charge in [-0.15, -0.1) is 0 Å². The van der Waals surface area contributed by atoms with E-state index in [4.69, 9.17) is 0 Å². The van der Waals surface area contributed by atoms with E-state index in [9.17, 15) is 18.0 Å². The first-order valence-corrected chi connectivity index (χ1v) is 5.32. The summed E-state index contributed by atoms with van der Waals surface area (Å²) in [4.78, 5) is 10.6. The van der Waals surface area contributed by atoms with E-state index in [1.165, 1.54) is 0 Å². The first kappa shape index (κ1) is 12.8. The van der Waals surface area contributed by atoms with Crippen LogP contribution in [0.5, 0.6) is 0 Å². The number of carbonyl (C=O) groups is 1. The van der Waals surface area contributed by atoms with Crippen LogP contribution in [0.1, 0.15) is 21.5 Å². The van der Waals surface area contributed by atoms with E-state index in [0.29, 0.717) is 11.6 Å². The molecule has 0 bridgehead atoms. The summed E-state index contributed by atoms with van der Waals surface area (Å²) in [6.45, 7) is 0. The second-order valence-electron chi connectivity index (χ2n) is 2.85. The van der Waals surface area contributed by atoms with Gasteiger partial charge in [-0.05, 0) is 18.2 Å². The van der Waals surface area contributed by atoms with Gasteiger partial charge in [-0.2, -0.15) is 13.2 Å². The number of halogens is 4. The highest BCUT2D eigenvalue weighted by molar-refractivity contribution is 9.09. The molecule has 0 saturated heterocycles. The molecule has 0 spiro atoms. The molecule has 0 heterocycles. The van der Waals surface area contributed by atoms with Crippen LogP contribution in [0.4, 0.5) is 13.2 Å². The molecule has 0 aliphatic carbocycles. The van der Waals surface area contributed by atoms with Crippen molar-refractivity contribution in [1.82, 2.24) is 0 Å². The Bertz CT molecular complexity index is 455. The summed E-state index contributed by atoms with van der Waals surface area (Å²) in [5.41, 5.74) is -0.567. The molecule has 1 aromatic rings. The molecule has 0 fully saturated rings. The molecule has 0 aliphatic heterocycles. The molecule has 16 heavy (non-hydrogen) atoms. The highest BCUT2D eigenvalue weighted by Gasteiger charge is 2.30. The topological polar surface area (TPSA) is 17.1 Å². The van der Waals surface area contributed by atoms with Gasteiger partial charge in [-0.3, -0.25) is 4.79 Å². The number of carbonyl (C=O) groups excluding carboxylic acids is 1. The quantitative estimate of drug-likeness (QED) is 0.441. The molecule has 1 aromatic carbocycles. The Kier molecular flexibility index (Phi) is 4.13. The molecule has 0 radical (unpaired) electrons. The second kappa shape index (κ2) is 5.17. The standard InChI is InChI=1S/C11H6BrF3O/c12-5-1-2-8-6-10(11(13,14)15)4-3-9(8)7-16/h3-4,6-7H,5H2. The van der Waals surface area contributed by atoms with Crippen molar-refractivity contribution in [3.63, 3.8) is 0 Å². The van der Waals surface area contributed by atoms with Crippen molar-refractivity contribution in [1.29, 1.82) is 0 Å². The van der Waals surface area contributed by atoms with E-state index in [1.807, 2.05) is 0 Å². The van der Waals surface area contributed by atoms with Gasteiger partial charge >= 0.3 is 6.18 Å². The largest absolute Gasteiger partial charge is 0.416 e. The average Bonchev–Trinajstić information content (AvgIpc) is 2.24. The Morgan fingerprint density at radius 2 is 2.06 bits per heavy atom. The lowest BCUT2D eigenvalue weighted by Gasteiger charge is -2.07. The number of aldehydes is 1. The third kappa shape index (κ3) is 3.11. The molecule has 0 N–H and O–H groups in total. The first-order chi connectivity index (χ1) is 7.49. The monoisotopic (exact) mass is 290 g/mol. The lowest BCUT2D eigenvalue weighted by molar-refractivity contribution is -0.137. The summed E-state index contributed by atoms with van der Waals surface area (Å²) in [6, 6.07) is 2.86. The van der Waals surface area contributed by atoms with Crippen molar-refractivity contribution < 1.29 is 18.0 Å². The zero-order valence-corrected chi connectivity index (χ0v) is 9.52. The van der Waals surface area contributed by atoms with Crippen LogP contribution in [0.3, 0.4) is 0 Å². The van der Waals surface area contributed by atoms with Crippen LogP contribution >= 0.6 is 15.9 Å². The fourth-order valence-electron chi connectivity index (χ4n) is 1.07. The van der Waals surface area contributed by atoms with Crippen LogP contribution in [0.2, 0.25) is 0 Å². The lowest BCUT2D eigenvalue weighted by atomic mass is 10.0. The first-order valence-electron chi connectivity index (χ1n) is 4.20. The zero-order valence-electron chi connectivity index (χ0n) is 7.94. The van der Waals surface area contributed by atoms with Gasteiger partial charge in [-0.25, -0.2) is 0 Å². The summed E-state index contributed by atoms with van der Waals surface area (Å²) in [6.07, 6.45) is -3.94. The summed E-state index contributed by atoms with van der Waals surface area (Å²) in [5.74, 6) is 5.06. The smallest absolute Gasteiger partial charge is 0.298 e. The van der Waals surface area contributed by atoms with Crippen molar-refractivity contribution in [2.75, 3.05) is 5.33 Å². The molecule has 5 heteroatoms. The zero-order chi connectivity index (χ0) is 12.2. The number of hydrogen-bond acceptors (Lipinski definition) is 1. The Hall–Kier alpha value is -1.28. The van der Waals surface area contributed by atoms with Crippen LogP contribution in [0.25, 0.3) is 0 Å². The van der Waals surface area contributed by atoms with Gasteiger partial charge in [0.2, 0.25) is 0 Å². The number of alkyl halides is 4. The molecule has 1 rings (SSSR count). The minimum absolute atomic E-state index is 0.0873. The van der Waals surface area contributed by atoms with Crippen LogP contribution < -0.4 is 0 Å². The molecule has 0 atom stereocenters. The third-order valence-corrected chi connectivity index (χ3v) is 2.08. The van der Waals surface area contributed by atoms with Gasteiger partial charge in [0.15, 0.2) is 6.29 Å². The highest BCUT2D eigenvalue weighted by atomic mass is 79.9. The molecular weight excluding hydrogens is 285 g/mol. The van der Waals surface area contributed by atoms with E-state index in [1.54, 1.807) is 0 Å². The molecule has 0 aromatic heterocycles. The van der Waals surface area contributed by atoms with Crippen LogP contribution in [-0.2, 0) is 6.18 Å². The lowest BCUT2D eigenvalue weighted by Crippen LogP contribution is -2.05. The minimum Gasteiger partial charge on any atom is -0.298 e. The predicted octanol–water partition coefficient (Wildman–Crippen LogP) is 3.26. The molecule has 0 unspecified atom stereocenters. The summed E-state index contributed by atoms with van der Waals surface area (Å²) < 4.78 is 37.1. The van der Waals surface area contributed by atoms with Gasteiger partial charge in [0.05, 0.1) is 10.9 Å². The van der Waals surface area contributed by atoms with Crippen LogP contribution in [0.15, 0.2) is 18.2 Å². The van der Waals surface area contributed by atoms with Gasteiger partial charge in [0, 0.05) is 11.1 Å². The number of hydrogen-bond donors (Lipinski definition) is 0. The number of rotatable bonds is 1. The Labute approximate surface area is 98.8 Å². The van der Waals surface area contributed by atoms with Gasteiger partial charge in [0.25, 0.3) is 0 Å². The Balaban J connectivity index is 3.27. The van der Waals surface area contributed by atoms with Crippen molar-refractivity contribution in [3.8, 4) is 11.8 Å². The maximum atomic E-state index is 12.4. The molecule has 0 saturated carbocycles. The van der Waals surface area contributed by atoms with E-state index in [2.05, 4.69) is 27.8 Å². The maximum Gasteiger partial charge on any atom is 0.416 e. The Morgan fingerprint density at radius 1 is 1.38 bits per heavy atom. The van der Waals surface area contributed by atoms with Gasteiger partial charge in [-0.1, -0.05) is 27.8 Å². The highest BCUT2D eigenvalue weighted by Crippen LogP contribution is 2.30. The molecule has 0 aliphatic rings. The van der Waals surface area contributed by atoms with Crippen molar-refractivity contribution in [2.24, 2.45) is 0 Å². The molecular formula is C11H6BrF3O. The fraction of sp³-hybridized carbons (Fsp3) is 0.182. The SMILES string of the molecule is O=Cc1ccc(C(F)(F)F)cc1C#CCBr. The molecule has 84 valence electrons. The van der Waals surface area contributed by atoms with Gasteiger partial charge in [0.1, 0.15) is 0 Å². The average molecular weight is 291 g/mol. The number of benzene rings is 1. The summed E-state index contributed by atoms with van der Waals surface area (Å²) in [5, 5.41) is 0.335. The second-order valence-corrected chi connectivity index (χ2v) is 3.41. The van der Waals surface area contributed by atoms with E-state index in [0.717, 1.165) is 18.2 Å². The van der Waals surface area contributed by atoms with Crippen molar-refractivity contribution in [3.05, 3.63) is 34.9 Å². The van der Waals surface area contributed by atoms with E-state index in [-0.39, 0.29) is 11.1 Å². The van der Waals surface area contributed by atoms with Crippen LogP contribution in [-0.4, -0.2) is 11.6 Å². The normalized spacial score (nSPS) is 10.5. The minimum atomic E-state index is -4.42. The maximum absolute atomic E-state index is 12.4. The summed E-state index contributed by atoms with van der Waals surface area (Å²) in [7, 11) is 0. The van der Waals surface area contributed by atoms with Crippen molar-refractivity contribution in [2.45, 2.75) is 6.18 Å². The van der Waals surface area contributed by atoms with E-state index >= 15 is 0 Å². The Morgan fingerprint density at radius 3 is 2.56 bits per heavy atom. The van der Waals surface area contributed by atoms with Crippen molar-refractivity contribution >= 4 is 22.2 Å². The predicted molar refractivity (Wildman–Crippen MR) is 57.5 cm³/mol. The van der Waals surface area contributed by atoms with Crippen LogP contribution in [0, 0.1) is 11.8 Å². The summed E-state index contributed by atoms with van der Waals surface area (Å²) >= 11 is 3.03.